The highest BCUT2D eigenvalue weighted by Crippen LogP contribution is 2.39. The number of anilines is 1. The second-order valence-electron chi connectivity index (χ2n) is 7.50. The van der Waals surface area contributed by atoms with E-state index in [1.807, 2.05) is 0 Å². The topological polar surface area (TPSA) is 28.2 Å². The molecular weight excluding hydrogens is 246 g/mol. The zero-order chi connectivity index (χ0) is 14.3. The Hall–Kier alpha value is -1.09. The normalized spacial score (nSPS) is 25.5. The van der Waals surface area contributed by atoms with Gasteiger partial charge in [0, 0.05) is 30.4 Å². The Labute approximate surface area is 122 Å². The van der Waals surface area contributed by atoms with Crippen molar-refractivity contribution in [2.75, 3.05) is 11.4 Å². The lowest BCUT2D eigenvalue weighted by Gasteiger charge is -2.28. The van der Waals surface area contributed by atoms with E-state index < -0.39 is 0 Å². The van der Waals surface area contributed by atoms with Crippen LogP contribution in [0.2, 0.25) is 0 Å². The van der Waals surface area contributed by atoms with E-state index in [1.54, 1.807) is 0 Å². The van der Waals surface area contributed by atoms with Crippen LogP contribution in [-0.2, 0) is 6.54 Å². The molecule has 110 valence electrons. The first-order valence-corrected chi connectivity index (χ1v) is 7.90. The average Bonchev–Trinajstić information content (AvgIpc) is 2.98. The van der Waals surface area contributed by atoms with Gasteiger partial charge in [-0.2, -0.15) is 0 Å². The number of rotatable bonds is 3. The zero-order valence-corrected chi connectivity index (χ0v) is 13.2. The summed E-state index contributed by atoms with van der Waals surface area (Å²) in [7, 11) is 0. The van der Waals surface area contributed by atoms with Crippen molar-refractivity contribution in [3.8, 4) is 0 Å². The monoisotopic (exact) mass is 273 g/mol. The molecule has 1 saturated carbocycles. The molecule has 1 saturated heterocycles. The van der Waals surface area contributed by atoms with Gasteiger partial charge in [-0.05, 0) is 64.5 Å². The predicted octanol–water partition coefficient (Wildman–Crippen LogP) is 3.27. The van der Waals surface area contributed by atoms with Gasteiger partial charge in [-0.25, -0.2) is 4.98 Å². The number of hydrogen-bond donors (Lipinski definition) is 1. The van der Waals surface area contributed by atoms with Gasteiger partial charge >= 0.3 is 0 Å². The average molecular weight is 273 g/mol. The fourth-order valence-corrected chi connectivity index (χ4v) is 3.49. The highest BCUT2D eigenvalue weighted by atomic mass is 15.2. The van der Waals surface area contributed by atoms with E-state index in [-0.39, 0.29) is 5.54 Å². The van der Waals surface area contributed by atoms with Gasteiger partial charge in [-0.3, -0.25) is 0 Å². The van der Waals surface area contributed by atoms with E-state index in [9.17, 15) is 0 Å². The molecule has 2 fully saturated rings. The van der Waals surface area contributed by atoms with Gasteiger partial charge in [-0.15, -0.1) is 0 Å². The number of aromatic nitrogens is 1. The van der Waals surface area contributed by atoms with Gasteiger partial charge in [0.1, 0.15) is 5.82 Å². The first kappa shape index (κ1) is 13.9. The number of nitrogens with zero attached hydrogens (tertiary/aromatic N) is 2. The number of hydrogen-bond acceptors (Lipinski definition) is 3. The largest absolute Gasteiger partial charge is 0.353 e. The number of fused-ring (bicyclic) bond motifs is 2. The minimum absolute atomic E-state index is 0.152. The number of piperidine rings is 1. The van der Waals surface area contributed by atoms with Crippen molar-refractivity contribution in [2.24, 2.45) is 5.92 Å². The standard InChI is InChI=1S/C17H27N3/c1-12-14(10-18-17(2,3)4)6-8-16(19-12)20-11-13-5-7-15(20)9-13/h6,8,13,15,18H,5,7,9-11H2,1-4H3. The molecule has 0 radical (unpaired) electrons. The van der Waals surface area contributed by atoms with E-state index in [2.05, 4.69) is 50.0 Å². The van der Waals surface area contributed by atoms with Crippen molar-refractivity contribution in [3.05, 3.63) is 23.4 Å². The summed E-state index contributed by atoms with van der Waals surface area (Å²) >= 11 is 0. The summed E-state index contributed by atoms with van der Waals surface area (Å²) in [4.78, 5) is 7.39. The number of aryl methyl sites for hydroxylation is 1. The first-order valence-electron chi connectivity index (χ1n) is 7.90. The molecule has 3 nitrogen and oxygen atoms in total. The van der Waals surface area contributed by atoms with Crippen LogP contribution in [0.25, 0.3) is 0 Å². The molecule has 3 rings (SSSR count). The fourth-order valence-electron chi connectivity index (χ4n) is 3.49. The second-order valence-corrected chi connectivity index (χ2v) is 7.50. The number of pyridine rings is 1. The molecule has 0 aromatic carbocycles. The molecule has 2 aliphatic rings. The summed E-state index contributed by atoms with van der Waals surface area (Å²) in [6.45, 7) is 10.9. The quantitative estimate of drug-likeness (QED) is 0.916. The Kier molecular flexibility index (Phi) is 3.49. The third-order valence-corrected chi connectivity index (χ3v) is 4.69. The van der Waals surface area contributed by atoms with Crippen LogP contribution in [0.15, 0.2) is 12.1 Å². The molecule has 1 aromatic rings. The summed E-state index contributed by atoms with van der Waals surface area (Å²) in [5.41, 5.74) is 2.63. The van der Waals surface area contributed by atoms with Crippen LogP contribution >= 0.6 is 0 Å². The van der Waals surface area contributed by atoms with E-state index in [4.69, 9.17) is 4.98 Å². The minimum atomic E-state index is 0.152. The van der Waals surface area contributed by atoms with Crippen LogP contribution in [0, 0.1) is 12.8 Å². The Bertz CT molecular complexity index is 489. The summed E-state index contributed by atoms with van der Waals surface area (Å²) in [5, 5.41) is 3.54. The molecule has 1 aliphatic carbocycles. The lowest BCUT2D eigenvalue weighted by molar-refractivity contribution is 0.423. The van der Waals surface area contributed by atoms with E-state index >= 15 is 0 Å². The van der Waals surface area contributed by atoms with Gasteiger partial charge in [0.25, 0.3) is 0 Å². The lowest BCUT2D eigenvalue weighted by atomic mass is 10.1. The van der Waals surface area contributed by atoms with E-state index in [0.29, 0.717) is 0 Å². The molecule has 3 heteroatoms. The van der Waals surface area contributed by atoms with Crippen LogP contribution in [0.3, 0.4) is 0 Å². The smallest absolute Gasteiger partial charge is 0.129 e. The molecule has 1 N–H and O–H groups in total. The Balaban J connectivity index is 1.71. The lowest BCUT2D eigenvalue weighted by Crippen LogP contribution is -2.35. The highest BCUT2D eigenvalue weighted by molar-refractivity contribution is 5.45. The van der Waals surface area contributed by atoms with Crippen molar-refractivity contribution in [3.63, 3.8) is 0 Å². The molecule has 2 unspecified atom stereocenters. The molecule has 1 aromatic heterocycles. The summed E-state index contributed by atoms with van der Waals surface area (Å²) in [5.74, 6) is 2.11. The minimum Gasteiger partial charge on any atom is -0.353 e. The van der Waals surface area contributed by atoms with Crippen molar-refractivity contribution in [1.82, 2.24) is 10.3 Å². The Morgan fingerprint density at radius 3 is 2.65 bits per heavy atom. The summed E-state index contributed by atoms with van der Waals surface area (Å²) in [6.07, 6.45) is 4.17. The molecule has 1 aliphatic heterocycles. The highest BCUT2D eigenvalue weighted by Gasteiger charge is 2.38. The Morgan fingerprint density at radius 1 is 1.30 bits per heavy atom. The van der Waals surface area contributed by atoms with Crippen molar-refractivity contribution in [1.29, 1.82) is 0 Å². The van der Waals surface area contributed by atoms with Gasteiger partial charge in [0.2, 0.25) is 0 Å². The number of nitrogens with one attached hydrogen (secondary N) is 1. The van der Waals surface area contributed by atoms with E-state index in [1.165, 1.54) is 42.9 Å². The Morgan fingerprint density at radius 2 is 2.10 bits per heavy atom. The van der Waals surface area contributed by atoms with Crippen molar-refractivity contribution < 1.29 is 0 Å². The molecular formula is C17H27N3. The summed E-state index contributed by atoms with van der Waals surface area (Å²) < 4.78 is 0. The van der Waals surface area contributed by atoms with Crippen LogP contribution in [-0.4, -0.2) is 23.1 Å². The van der Waals surface area contributed by atoms with E-state index in [0.717, 1.165) is 18.5 Å². The predicted molar refractivity (Wildman–Crippen MR) is 84.0 cm³/mol. The van der Waals surface area contributed by atoms with Crippen molar-refractivity contribution >= 4 is 5.82 Å². The van der Waals surface area contributed by atoms with Gasteiger partial charge in [0.15, 0.2) is 0 Å². The maximum Gasteiger partial charge on any atom is 0.129 e. The van der Waals surface area contributed by atoms with Crippen LogP contribution in [0.1, 0.15) is 51.3 Å². The summed E-state index contributed by atoms with van der Waals surface area (Å²) in [6, 6.07) is 5.22. The maximum atomic E-state index is 4.86. The van der Waals surface area contributed by atoms with Crippen LogP contribution in [0.4, 0.5) is 5.82 Å². The molecule has 2 atom stereocenters. The van der Waals surface area contributed by atoms with Crippen molar-refractivity contribution in [2.45, 2.75) is 65.1 Å². The maximum absolute atomic E-state index is 4.86. The molecule has 0 amide bonds. The third kappa shape index (κ3) is 2.83. The first-order chi connectivity index (χ1) is 9.42. The molecule has 20 heavy (non-hydrogen) atoms. The van der Waals surface area contributed by atoms with Gasteiger partial charge < -0.3 is 10.2 Å². The third-order valence-electron chi connectivity index (χ3n) is 4.69. The zero-order valence-electron chi connectivity index (χ0n) is 13.2. The molecule has 0 spiro atoms. The fraction of sp³-hybridized carbons (Fsp3) is 0.706. The SMILES string of the molecule is Cc1nc(N2CC3CCC2C3)ccc1CNC(C)(C)C. The van der Waals surface area contributed by atoms with Crippen LogP contribution in [0.5, 0.6) is 0 Å². The molecule has 2 bridgehead atoms. The molecule has 2 heterocycles. The van der Waals surface area contributed by atoms with Gasteiger partial charge in [0.05, 0.1) is 0 Å². The van der Waals surface area contributed by atoms with Gasteiger partial charge in [-0.1, -0.05) is 6.07 Å². The second kappa shape index (κ2) is 5.03. The van der Waals surface area contributed by atoms with Crippen LogP contribution < -0.4 is 10.2 Å².